The van der Waals surface area contributed by atoms with Gasteiger partial charge in [0.05, 0.1) is 4.92 Å². The molecule has 1 N–H and O–H groups in total. The van der Waals surface area contributed by atoms with Crippen molar-refractivity contribution in [2.24, 2.45) is 0 Å². The van der Waals surface area contributed by atoms with Crippen LogP contribution in [0.15, 0.2) is 41.3 Å². The zero-order chi connectivity index (χ0) is 21.3. The van der Waals surface area contributed by atoms with Gasteiger partial charge >= 0.3 is 0 Å². The van der Waals surface area contributed by atoms with Crippen LogP contribution in [0.25, 0.3) is 0 Å². The molecule has 0 amide bonds. The van der Waals surface area contributed by atoms with Crippen molar-refractivity contribution in [3.63, 3.8) is 0 Å². The molecule has 2 aromatic carbocycles. The number of hydrogen-bond donors (Lipinski definition) is 1. The number of sulfonamides is 1. The fourth-order valence-electron chi connectivity index (χ4n) is 3.22. The van der Waals surface area contributed by atoms with Gasteiger partial charge in [-0.2, -0.15) is 4.31 Å². The van der Waals surface area contributed by atoms with E-state index in [-0.39, 0.29) is 47.3 Å². The number of piperazine rings is 1. The van der Waals surface area contributed by atoms with Crippen LogP contribution in [0, 0.1) is 10.1 Å². The van der Waals surface area contributed by atoms with Gasteiger partial charge in [-0.3, -0.25) is 10.1 Å². The SMILES string of the molecule is CC1CN(S(=O)(=O)c2cc([N+](=O)[O-])ccc2Oc2cc(Cl)cc(Cl)c2)CC(C)N1. The van der Waals surface area contributed by atoms with E-state index in [2.05, 4.69) is 5.32 Å². The fourth-order valence-corrected chi connectivity index (χ4v) is 5.48. The highest BCUT2D eigenvalue weighted by molar-refractivity contribution is 7.89. The van der Waals surface area contributed by atoms with Gasteiger partial charge < -0.3 is 10.1 Å². The Morgan fingerprint density at radius 2 is 1.69 bits per heavy atom. The summed E-state index contributed by atoms with van der Waals surface area (Å²) in [4.78, 5) is 10.3. The van der Waals surface area contributed by atoms with Crippen molar-refractivity contribution in [2.75, 3.05) is 13.1 Å². The van der Waals surface area contributed by atoms with Crippen LogP contribution in [0.2, 0.25) is 10.0 Å². The molecule has 1 heterocycles. The predicted octanol–water partition coefficient (Wildman–Crippen LogP) is 4.06. The van der Waals surface area contributed by atoms with Gasteiger partial charge in [0.2, 0.25) is 10.0 Å². The van der Waals surface area contributed by atoms with Gasteiger partial charge in [0, 0.05) is 47.4 Å². The number of nitro groups is 1. The summed E-state index contributed by atoms with van der Waals surface area (Å²) in [6.07, 6.45) is 0. The molecule has 1 aliphatic rings. The lowest BCUT2D eigenvalue weighted by atomic mass is 10.2. The van der Waals surface area contributed by atoms with E-state index in [1.807, 2.05) is 13.8 Å². The van der Waals surface area contributed by atoms with Crippen LogP contribution in [0.1, 0.15) is 13.8 Å². The van der Waals surface area contributed by atoms with Crippen molar-refractivity contribution >= 4 is 38.9 Å². The lowest BCUT2D eigenvalue weighted by Crippen LogP contribution is -2.55. The Hall–Kier alpha value is -1.91. The van der Waals surface area contributed by atoms with Crippen molar-refractivity contribution in [1.82, 2.24) is 9.62 Å². The Morgan fingerprint density at radius 3 is 2.24 bits per heavy atom. The molecule has 1 fully saturated rings. The second kappa shape index (κ2) is 8.45. The molecule has 0 aromatic heterocycles. The zero-order valence-electron chi connectivity index (χ0n) is 15.6. The molecular weight excluding hydrogens is 441 g/mol. The number of nitrogens with zero attached hydrogens (tertiary/aromatic N) is 2. The summed E-state index contributed by atoms with van der Waals surface area (Å²) in [6.45, 7) is 4.21. The zero-order valence-corrected chi connectivity index (χ0v) is 18.0. The van der Waals surface area contributed by atoms with Gasteiger partial charge in [0.1, 0.15) is 16.4 Å². The Labute approximate surface area is 178 Å². The second-order valence-electron chi connectivity index (χ2n) is 6.89. The summed E-state index contributed by atoms with van der Waals surface area (Å²) in [6, 6.07) is 7.77. The summed E-state index contributed by atoms with van der Waals surface area (Å²) in [5, 5.41) is 15.1. The molecule has 3 rings (SSSR count). The van der Waals surface area contributed by atoms with E-state index >= 15 is 0 Å². The Kier molecular flexibility index (Phi) is 6.35. The number of nitro benzene ring substituents is 1. The van der Waals surface area contributed by atoms with Gasteiger partial charge in [-0.15, -0.1) is 0 Å². The van der Waals surface area contributed by atoms with Crippen LogP contribution in [0.4, 0.5) is 5.69 Å². The number of benzene rings is 2. The summed E-state index contributed by atoms with van der Waals surface area (Å²) in [5.74, 6) is 0.169. The topological polar surface area (TPSA) is 102 Å². The minimum Gasteiger partial charge on any atom is -0.456 e. The van der Waals surface area contributed by atoms with E-state index in [9.17, 15) is 18.5 Å². The molecule has 1 saturated heterocycles. The van der Waals surface area contributed by atoms with Crippen LogP contribution in [-0.4, -0.2) is 42.8 Å². The second-order valence-corrected chi connectivity index (χ2v) is 9.67. The van der Waals surface area contributed by atoms with Crippen molar-refractivity contribution in [2.45, 2.75) is 30.8 Å². The lowest BCUT2D eigenvalue weighted by molar-refractivity contribution is -0.385. The first kappa shape index (κ1) is 21.8. The summed E-state index contributed by atoms with van der Waals surface area (Å²) >= 11 is 12.0. The van der Waals surface area contributed by atoms with E-state index in [4.69, 9.17) is 27.9 Å². The first-order chi connectivity index (χ1) is 13.6. The average Bonchev–Trinajstić information content (AvgIpc) is 2.60. The van der Waals surface area contributed by atoms with Crippen LogP contribution in [0.3, 0.4) is 0 Å². The maximum Gasteiger partial charge on any atom is 0.271 e. The molecule has 8 nitrogen and oxygen atoms in total. The number of hydrogen-bond acceptors (Lipinski definition) is 6. The van der Waals surface area contributed by atoms with E-state index in [0.29, 0.717) is 10.0 Å². The van der Waals surface area contributed by atoms with Gasteiger partial charge in [0.15, 0.2) is 0 Å². The van der Waals surface area contributed by atoms with E-state index in [1.54, 1.807) is 0 Å². The van der Waals surface area contributed by atoms with Crippen molar-refractivity contribution in [3.05, 3.63) is 56.6 Å². The van der Waals surface area contributed by atoms with Crippen molar-refractivity contribution < 1.29 is 18.1 Å². The molecule has 0 bridgehead atoms. The van der Waals surface area contributed by atoms with E-state index < -0.39 is 14.9 Å². The minimum absolute atomic E-state index is 0.0484. The van der Waals surface area contributed by atoms with Gasteiger partial charge in [-0.05, 0) is 38.1 Å². The summed E-state index contributed by atoms with van der Waals surface area (Å²) < 4.78 is 33.7. The molecule has 0 radical (unpaired) electrons. The number of non-ortho nitro benzene ring substituents is 1. The molecule has 0 saturated carbocycles. The standard InChI is InChI=1S/C18H19Cl2N3O5S/c1-11-9-22(10-12(2)21-11)29(26,27)18-8-15(23(24)25)3-4-17(18)28-16-6-13(19)5-14(20)7-16/h3-8,11-12,21H,9-10H2,1-2H3. The highest BCUT2D eigenvalue weighted by Crippen LogP contribution is 2.36. The number of rotatable bonds is 5. The Balaban J connectivity index is 2.07. The molecule has 0 aliphatic carbocycles. The maximum atomic E-state index is 13.3. The van der Waals surface area contributed by atoms with Crippen molar-refractivity contribution in [1.29, 1.82) is 0 Å². The largest absolute Gasteiger partial charge is 0.456 e. The highest BCUT2D eigenvalue weighted by atomic mass is 35.5. The highest BCUT2D eigenvalue weighted by Gasteiger charge is 2.34. The predicted molar refractivity (Wildman–Crippen MR) is 110 cm³/mol. The molecule has 11 heteroatoms. The third kappa shape index (κ3) is 4.99. The summed E-state index contributed by atoms with van der Waals surface area (Å²) in [5.41, 5.74) is -0.351. The van der Waals surface area contributed by atoms with Crippen LogP contribution >= 0.6 is 23.2 Å². The van der Waals surface area contributed by atoms with Gasteiger partial charge in [-0.1, -0.05) is 23.2 Å². The van der Waals surface area contributed by atoms with E-state index in [1.165, 1.54) is 34.6 Å². The first-order valence-electron chi connectivity index (χ1n) is 8.75. The van der Waals surface area contributed by atoms with Crippen LogP contribution in [0.5, 0.6) is 11.5 Å². The monoisotopic (exact) mass is 459 g/mol. The van der Waals surface area contributed by atoms with Crippen molar-refractivity contribution in [3.8, 4) is 11.5 Å². The molecule has 156 valence electrons. The van der Waals surface area contributed by atoms with Gasteiger partial charge in [0.25, 0.3) is 5.69 Å². The Bertz CT molecular complexity index is 1020. The maximum absolute atomic E-state index is 13.3. The third-order valence-corrected chi connectivity index (χ3v) is 6.63. The molecule has 1 aliphatic heterocycles. The summed E-state index contributed by atoms with van der Waals surface area (Å²) in [7, 11) is -4.06. The molecule has 29 heavy (non-hydrogen) atoms. The molecular formula is C18H19Cl2N3O5S. The quantitative estimate of drug-likeness (QED) is 0.533. The minimum atomic E-state index is -4.06. The van der Waals surface area contributed by atoms with Gasteiger partial charge in [-0.25, -0.2) is 8.42 Å². The number of halogens is 2. The smallest absolute Gasteiger partial charge is 0.271 e. The Morgan fingerprint density at radius 1 is 1.10 bits per heavy atom. The third-order valence-electron chi connectivity index (χ3n) is 4.34. The average molecular weight is 460 g/mol. The van der Waals surface area contributed by atoms with Crippen LogP contribution < -0.4 is 10.1 Å². The molecule has 2 aromatic rings. The van der Waals surface area contributed by atoms with Crippen LogP contribution in [-0.2, 0) is 10.0 Å². The normalized spacial score (nSPS) is 20.4. The molecule has 2 atom stereocenters. The lowest BCUT2D eigenvalue weighted by Gasteiger charge is -2.35. The fraction of sp³-hybridized carbons (Fsp3) is 0.333. The first-order valence-corrected chi connectivity index (χ1v) is 10.9. The molecule has 0 spiro atoms. The van der Waals surface area contributed by atoms with E-state index in [0.717, 1.165) is 6.07 Å². The number of nitrogens with one attached hydrogen (secondary N) is 1. The molecule has 2 unspecified atom stereocenters. The number of ether oxygens (including phenoxy) is 1.